The summed E-state index contributed by atoms with van der Waals surface area (Å²) in [6, 6.07) is 6.50. The van der Waals surface area contributed by atoms with E-state index in [1.54, 1.807) is 11.8 Å². The molecule has 0 radical (unpaired) electrons. The number of nitrogens with zero attached hydrogens (tertiary/aromatic N) is 3. The van der Waals surface area contributed by atoms with E-state index in [1.165, 1.54) is 25.7 Å². The van der Waals surface area contributed by atoms with Gasteiger partial charge in [0.2, 0.25) is 0 Å². The largest absolute Gasteiger partial charge is 0.483 e. The average Bonchev–Trinajstić information content (AvgIpc) is 3.34. The highest BCUT2D eigenvalue weighted by Gasteiger charge is 2.23. The van der Waals surface area contributed by atoms with Crippen molar-refractivity contribution in [2.24, 2.45) is 0 Å². The smallest absolute Gasteiger partial charge is 0.257 e. The molecule has 152 valence electrons. The molecule has 0 aliphatic heterocycles. The molecule has 1 saturated carbocycles. The molecule has 0 bridgehead atoms. The Bertz CT molecular complexity index is 779. The highest BCUT2D eigenvalue weighted by Crippen LogP contribution is 2.33. The zero-order valence-electron chi connectivity index (χ0n) is 17.0. The van der Waals surface area contributed by atoms with Crippen molar-refractivity contribution < 1.29 is 9.53 Å². The molecule has 1 aliphatic carbocycles. The van der Waals surface area contributed by atoms with E-state index in [-0.39, 0.29) is 12.5 Å². The van der Waals surface area contributed by atoms with Gasteiger partial charge in [-0.05, 0) is 50.5 Å². The monoisotopic (exact) mass is 402 g/mol. The Labute approximate surface area is 171 Å². The van der Waals surface area contributed by atoms with Crippen LogP contribution in [0.1, 0.15) is 55.1 Å². The average molecular weight is 403 g/mol. The molecule has 0 unspecified atom stereocenters. The lowest BCUT2D eigenvalue weighted by atomic mass is 10.1. The van der Waals surface area contributed by atoms with Gasteiger partial charge in [-0.2, -0.15) is 0 Å². The van der Waals surface area contributed by atoms with E-state index in [0.29, 0.717) is 12.6 Å². The summed E-state index contributed by atoms with van der Waals surface area (Å²) in [6.45, 7) is 4.63. The maximum atomic E-state index is 12.1. The lowest BCUT2D eigenvalue weighted by Crippen LogP contribution is -2.30. The molecular weight excluding hydrogens is 372 g/mol. The predicted molar refractivity (Wildman–Crippen MR) is 112 cm³/mol. The number of thioether (sulfide) groups is 1. The van der Waals surface area contributed by atoms with E-state index in [1.807, 2.05) is 32.0 Å². The Kier molecular flexibility index (Phi) is 7.36. The van der Waals surface area contributed by atoms with Gasteiger partial charge in [0.25, 0.3) is 5.91 Å². The minimum Gasteiger partial charge on any atom is -0.483 e. The van der Waals surface area contributed by atoms with E-state index in [4.69, 9.17) is 4.74 Å². The van der Waals surface area contributed by atoms with E-state index in [9.17, 15) is 4.79 Å². The molecule has 3 rings (SSSR count). The SMILES string of the molecule is CSc1nnc(CCCNC(=O)COc2c(C)cccc2C)n1C1CCCC1. The zero-order chi connectivity index (χ0) is 19.9. The van der Waals surface area contributed by atoms with Crippen LogP contribution in [0.5, 0.6) is 5.75 Å². The van der Waals surface area contributed by atoms with Crippen molar-refractivity contribution in [1.29, 1.82) is 0 Å². The summed E-state index contributed by atoms with van der Waals surface area (Å²) in [4.78, 5) is 12.1. The van der Waals surface area contributed by atoms with Gasteiger partial charge in [0.05, 0.1) is 0 Å². The van der Waals surface area contributed by atoms with Crippen molar-refractivity contribution in [3.05, 3.63) is 35.2 Å². The van der Waals surface area contributed by atoms with Gasteiger partial charge < -0.3 is 14.6 Å². The number of ether oxygens (including phenoxy) is 1. The van der Waals surface area contributed by atoms with Gasteiger partial charge in [0.15, 0.2) is 11.8 Å². The molecule has 0 atom stereocenters. The van der Waals surface area contributed by atoms with Gasteiger partial charge in [-0.1, -0.05) is 42.8 Å². The minimum atomic E-state index is -0.0929. The molecule has 1 N–H and O–H groups in total. The normalized spacial score (nSPS) is 14.4. The lowest BCUT2D eigenvalue weighted by molar-refractivity contribution is -0.123. The number of aromatic nitrogens is 3. The fraction of sp³-hybridized carbons (Fsp3) is 0.571. The second-order valence-corrected chi connectivity index (χ2v) is 8.15. The second-order valence-electron chi connectivity index (χ2n) is 7.37. The van der Waals surface area contributed by atoms with Gasteiger partial charge in [0, 0.05) is 19.0 Å². The Morgan fingerprint density at radius 2 is 1.96 bits per heavy atom. The lowest BCUT2D eigenvalue weighted by Gasteiger charge is -2.16. The summed E-state index contributed by atoms with van der Waals surface area (Å²) in [5.41, 5.74) is 2.09. The standard InChI is InChI=1S/C21H30N4O2S/c1-15-8-6-9-16(2)20(15)27-14-19(26)22-13-7-12-18-23-24-21(28-3)25(18)17-10-4-5-11-17/h6,8-9,17H,4-5,7,10-14H2,1-3H3,(H,22,26). The summed E-state index contributed by atoms with van der Waals surface area (Å²) in [5, 5.41) is 12.7. The second kappa shape index (κ2) is 9.96. The minimum absolute atomic E-state index is 0.0422. The third-order valence-electron chi connectivity index (χ3n) is 5.26. The van der Waals surface area contributed by atoms with Crippen molar-refractivity contribution in [2.45, 2.75) is 63.6 Å². The molecule has 2 aromatic rings. The molecule has 7 heteroatoms. The number of aryl methyl sites for hydroxylation is 3. The number of carbonyl (C=O) groups is 1. The van der Waals surface area contributed by atoms with Crippen LogP contribution in [-0.2, 0) is 11.2 Å². The molecule has 1 aromatic heterocycles. The highest BCUT2D eigenvalue weighted by atomic mass is 32.2. The molecule has 1 amide bonds. The Hall–Kier alpha value is -2.02. The Morgan fingerprint density at radius 1 is 1.25 bits per heavy atom. The molecule has 0 saturated heterocycles. The fourth-order valence-electron chi connectivity index (χ4n) is 3.84. The summed E-state index contributed by atoms with van der Waals surface area (Å²) in [6.07, 6.45) is 8.71. The van der Waals surface area contributed by atoms with Crippen molar-refractivity contribution in [1.82, 2.24) is 20.1 Å². The molecule has 1 aliphatic rings. The van der Waals surface area contributed by atoms with Crippen LogP contribution in [0, 0.1) is 13.8 Å². The van der Waals surface area contributed by atoms with Crippen molar-refractivity contribution in [3.8, 4) is 5.75 Å². The van der Waals surface area contributed by atoms with Crippen LogP contribution >= 0.6 is 11.8 Å². The number of para-hydroxylation sites is 1. The number of hydrogen-bond acceptors (Lipinski definition) is 5. The maximum Gasteiger partial charge on any atom is 0.257 e. The molecule has 1 fully saturated rings. The number of carbonyl (C=O) groups excluding carboxylic acids is 1. The third-order valence-corrected chi connectivity index (χ3v) is 5.91. The first kappa shape index (κ1) is 20.7. The van der Waals surface area contributed by atoms with Gasteiger partial charge in [-0.25, -0.2) is 0 Å². The number of hydrogen-bond donors (Lipinski definition) is 1. The first-order chi connectivity index (χ1) is 13.6. The Balaban J connectivity index is 1.44. The molecule has 1 aromatic carbocycles. The number of amides is 1. The van der Waals surface area contributed by atoms with Gasteiger partial charge in [0.1, 0.15) is 11.6 Å². The quantitative estimate of drug-likeness (QED) is 0.509. The van der Waals surface area contributed by atoms with Crippen LogP contribution in [0.25, 0.3) is 0 Å². The third kappa shape index (κ3) is 5.07. The van der Waals surface area contributed by atoms with Crippen LogP contribution in [0.15, 0.2) is 23.4 Å². The van der Waals surface area contributed by atoms with Crippen LogP contribution in [0.4, 0.5) is 0 Å². The van der Waals surface area contributed by atoms with E-state index in [0.717, 1.165) is 40.7 Å². The fourth-order valence-corrected chi connectivity index (χ4v) is 4.41. The van der Waals surface area contributed by atoms with E-state index < -0.39 is 0 Å². The molecule has 6 nitrogen and oxygen atoms in total. The van der Waals surface area contributed by atoms with Gasteiger partial charge in [-0.3, -0.25) is 4.79 Å². The van der Waals surface area contributed by atoms with Gasteiger partial charge >= 0.3 is 0 Å². The van der Waals surface area contributed by atoms with E-state index in [2.05, 4.69) is 26.3 Å². The maximum absolute atomic E-state index is 12.1. The summed E-state index contributed by atoms with van der Waals surface area (Å²) >= 11 is 1.66. The molecule has 28 heavy (non-hydrogen) atoms. The summed E-state index contributed by atoms with van der Waals surface area (Å²) in [7, 11) is 0. The summed E-state index contributed by atoms with van der Waals surface area (Å²) in [5.74, 6) is 1.74. The first-order valence-corrected chi connectivity index (χ1v) is 11.3. The van der Waals surface area contributed by atoms with E-state index >= 15 is 0 Å². The molecule has 0 spiro atoms. The van der Waals surface area contributed by atoms with Crippen LogP contribution in [0.2, 0.25) is 0 Å². The molecule has 1 heterocycles. The Morgan fingerprint density at radius 3 is 2.64 bits per heavy atom. The zero-order valence-corrected chi connectivity index (χ0v) is 17.8. The van der Waals surface area contributed by atoms with Crippen LogP contribution < -0.4 is 10.1 Å². The van der Waals surface area contributed by atoms with Gasteiger partial charge in [-0.15, -0.1) is 10.2 Å². The highest BCUT2D eigenvalue weighted by molar-refractivity contribution is 7.98. The van der Waals surface area contributed by atoms with Crippen molar-refractivity contribution in [2.75, 3.05) is 19.4 Å². The first-order valence-electron chi connectivity index (χ1n) is 10.0. The number of nitrogens with one attached hydrogen (secondary N) is 1. The van der Waals surface area contributed by atoms with Crippen molar-refractivity contribution in [3.63, 3.8) is 0 Å². The topological polar surface area (TPSA) is 69.0 Å². The number of benzene rings is 1. The van der Waals surface area contributed by atoms with Crippen LogP contribution in [-0.4, -0.2) is 40.1 Å². The number of rotatable bonds is 9. The molecular formula is C21H30N4O2S. The summed E-state index contributed by atoms with van der Waals surface area (Å²) < 4.78 is 8.03. The van der Waals surface area contributed by atoms with Crippen molar-refractivity contribution >= 4 is 17.7 Å². The predicted octanol–water partition coefficient (Wildman–Crippen LogP) is 3.86. The van der Waals surface area contributed by atoms with Crippen LogP contribution in [0.3, 0.4) is 0 Å².